The molecule has 0 atom stereocenters. The van der Waals surface area contributed by atoms with Crippen LogP contribution in [0.3, 0.4) is 0 Å². The van der Waals surface area contributed by atoms with E-state index in [1.165, 1.54) is 62.8 Å². The zero-order chi connectivity index (χ0) is 27.0. The molecule has 38 heavy (non-hydrogen) atoms. The van der Waals surface area contributed by atoms with Crippen molar-refractivity contribution in [2.45, 2.75) is 30.6 Å². The van der Waals surface area contributed by atoms with Crippen molar-refractivity contribution in [1.82, 2.24) is 10.2 Å². The Balaban J connectivity index is 1.46. The molecule has 1 saturated heterocycles. The van der Waals surface area contributed by atoms with Crippen LogP contribution < -0.4 is 19.4 Å². The fraction of sp³-hybridized carbons (Fsp3) is 0.321. The summed E-state index contributed by atoms with van der Waals surface area (Å²) < 4.78 is 33.3. The highest BCUT2D eigenvalue weighted by Gasteiger charge is 2.28. The number of benzene rings is 3. The SMILES string of the molecule is COc1ccc(ON(c2ccccc2)S(=O)(=O)c2ccc(C(=O)NCCCN3CCCCC3)cc2)c(Cl)c1. The standard InChI is InChI=1S/C28H32ClN3O5S/c1-36-24-13-16-27(26(29)21-24)37-32(23-9-4-2-5-10-23)38(34,35)25-14-11-22(12-15-25)28(33)30-17-8-20-31-18-6-3-7-19-31/h2,4-5,9-16,21H,3,6-8,17-20H2,1H3,(H,30,33). The van der Waals surface area contributed by atoms with Gasteiger partial charge in [0.2, 0.25) is 0 Å². The Morgan fingerprint density at radius 2 is 1.71 bits per heavy atom. The smallest absolute Gasteiger partial charge is 0.295 e. The van der Waals surface area contributed by atoms with E-state index in [0.717, 1.165) is 30.5 Å². The third kappa shape index (κ3) is 6.98. The molecule has 1 amide bonds. The molecular weight excluding hydrogens is 526 g/mol. The monoisotopic (exact) mass is 557 g/mol. The van der Waals surface area contributed by atoms with E-state index in [-0.39, 0.29) is 27.3 Å². The number of amides is 1. The number of carbonyl (C=O) groups is 1. The van der Waals surface area contributed by atoms with Gasteiger partial charge in [-0.1, -0.05) is 40.7 Å². The molecule has 1 fully saturated rings. The number of anilines is 1. The molecule has 0 bridgehead atoms. The van der Waals surface area contributed by atoms with E-state index in [0.29, 0.717) is 17.9 Å². The van der Waals surface area contributed by atoms with Gasteiger partial charge in [-0.15, -0.1) is 0 Å². The molecule has 1 N–H and O–H groups in total. The van der Waals surface area contributed by atoms with E-state index in [1.807, 2.05) is 0 Å². The Kier molecular flexibility index (Phi) is 9.49. The number of piperidine rings is 1. The molecule has 0 spiro atoms. The Morgan fingerprint density at radius 3 is 2.37 bits per heavy atom. The van der Waals surface area contributed by atoms with Gasteiger partial charge < -0.3 is 19.8 Å². The largest absolute Gasteiger partial charge is 0.497 e. The number of hydrogen-bond donors (Lipinski definition) is 1. The molecule has 10 heteroatoms. The van der Waals surface area contributed by atoms with Crippen molar-refractivity contribution in [3.63, 3.8) is 0 Å². The number of carbonyl (C=O) groups excluding carboxylic acids is 1. The zero-order valence-electron chi connectivity index (χ0n) is 21.3. The van der Waals surface area contributed by atoms with Crippen molar-refractivity contribution < 1.29 is 22.8 Å². The summed E-state index contributed by atoms with van der Waals surface area (Å²) in [5, 5.41) is 3.11. The maximum atomic E-state index is 13.6. The molecule has 0 radical (unpaired) electrons. The number of methoxy groups -OCH3 is 1. The first kappa shape index (κ1) is 27.8. The number of para-hydroxylation sites is 1. The van der Waals surface area contributed by atoms with Crippen molar-refractivity contribution in [1.29, 1.82) is 0 Å². The molecule has 8 nitrogen and oxygen atoms in total. The molecule has 1 heterocycles. The van der Waals surface area contributed by atoms with Gasteiger partial charge in [0, 0.05) is 18.2 Å². The molecule has 1 aliphatic heterocycles. The van der Waals surface area contributed by atoms with Crippen molar-refractivity contribution in [2.24, 2.45) is 0 Å². The Hall–Kier alpha value is -3.27. The number of nitrogens with zero attached hydrogens (tertiary/aromatic N) is 2. The average molecular weight is 558 g/mol. The third-order valence-corrected chi connectivity index (χ3v) is 8.19. The molecule has 3 aromatic rings. The first-order valence-electron chi connectivity index (χ1n) is 12.6. The van der Waals surface area contributed by atoms with Crippen LogP contribution >= 0.6 is 11.6 Å². The first-order valence-corrected chi connectivity index (χ1v) is 14.4. The predicted octanol–water partition coefficient (Wildman–Crippen LogP) is 5.14. The van der Waals surface area contributed by atoms with Gasteiger partial charge in [-0.05, 0) is 87.4 Å². The topological polar surface area (TPSA) is 88.2 Å². The molecule has 202 valence electrons. The summed E-state index contributed by atoms with van der Waals surface area (Å²) in [6, 6.07) is 18.9. The van der Waals surface area contributed by atoms with Crippen LogP contribution in [-0.2, 0) is 10.0 Å². The van der Waals surface area contributed by atoms with Gasteiger partial charge in [-0.2, -0.15) is 8.42 Å². The summed E-state index contributed by atoms with van der Waals surface area (Å²) >= 11 is 6.31. The van der Waals surface area contributed by atoms with E-state index >= 15 is 0 Å². The maximum Gasteiger partial charge on any atom is 0.295 e. The van der Waals surface area contributed by atoms with E-state index < -0.39 is 10.0 Å². The lowest BCUT2D eigenvalue weighted by Crippen LogP contribution is -2.34. The Morgan fingerprint density at radius 1 is 1.00 bits per heavy atom. The summed E-state index contributed by atoms with van der Waals surface area (Å²) in [5.74, 6) is 0.408. The quantitative estimate of drug-likeness (QED) is 0.259. The lowest BCUT2D eigenvalue weighted by atomic mass is 10.1. The van der Waals surface area contributed by atoms with Crippen molar-refractivity contribution in [3.05, 3.63) is 83.4 Å². The fourth-order valence-electron chi connectivity index (χ4n) is 4.23. The predicted molar refractivity (Wildman–Crippen MR) is 148 cm³/mol. The van der Waals surface area contributed by atoms with E-state index in [4.69, 9.17) is 21.2 Å². The van der Waals surface area contributed by atoms with Gasteiger partial charge in [-0.3, -0.25) is 4.79 Å². The Bertz CT molecular complexity index is 1310. The summed E-state index contributed by atoms with van der Waals surface area (Å²) in [6.45, 7) is 3.77. The summed E-state index contributed by atoms with van der Waals surface area (Å²) in [7, 11) is -2.67. The summed E-state index contributed by atoms with van der Waals surface area (Å²) in [4.78, 5) is 20.8. The lowest BCUT2D eigenvalue weighted by molar-refractivity contribution is 0.0951. The van der Waals surface area contributed by atoms with E-state index in [1.54, 1.807) is 36.4 Å². The first-order chi connectivity index (χ1) is 18.4. The van der Waals surface area contributed by atoms with Crippen LogP contribution in [0.25, 0.3) is 0 Å². The maximum absolute atomic E-state index is 13.6. The highest BCUT2D eigenvalue weighted by molar-refractivity contribution is 7.92. The van der Waals surface area contributed by atoms with Crippen LogP contribution in [0.1, 0.15) is 36.0 Å². The Labute approximate surface area is 229 Å². The number of ether oxygens (including phenoxy) is 1. The van der Waals surface area contributed by atoms with Gasteiger partial charge in [-0.25, -0.2) is 0 Å². The van der Waals surface area contributed by atoms with E-state index in [9.17, 15) is 13.2 Å². The molecule has 4 rings (SSSR count). The van der Waals surface area contributed by atoms with Crippen LogP contribution in [0, 0.1) is 0 Å². The number of sulfonamides is 1. The lowest BCUT2D eigenvalue weighted by Gasteiger charge is -2.26. The molecular formula is C28H32ClN3O5S. The van der Waals surface area contributed by atoms with Crippen LogP contribution in [-0.4, -0.2) is 52.5 Å². The van der Waals surface area contributed by atoms with Gasteiger partial charge in [0.05, 0.1) is 22.7 Å². The van der Waals surface area contributed by atoms with Crippen molar-refractivity contribution in [3.8, 4) is 11.5 Å². The number of rotatable bonds is 11. The normalized spacial score (nSPS) is 14.1. The van der Waals surface area contributed by atoms with Crippen LogP contribution in [0.15, 0.2) is 77.7 Å². The summed E-state index contributed by atoms with van der Waals surface area (Å²) in [5.41, 5.74) is 0.669. The second-order valence-electron chi connectivity index (χ2n) is 8.99. The minimum atomic E-state index is -4.18. The molecule has 1 aliphatic rings. The zero-order valence-corrected chi connectivity index (χ0v) is 22.9. The highest BCUT2D eigenvalue weighted by atomic mass is 35.5. The second-order valence-corrected chi connectivity index (χ2v) is 11.2. The number of likely N-dealkylation sites (tertiary alicyclic amines) is 1. The van der Waals surface area contributed by atoms with Gasteiger partial charge in [0.25, 0.3) is 15.9 Å². The van der Waals surface area contributed by atoms with Crippen LogP contribution in [0.2, 0.25) is 5.02 Å². The van der Waals surface area contributed by atoms with Gasteiger partial charge >= 0.3 is 0 Å². The van der Waals surface area contributed by atoms with Crippen molar-refractivity contribution in [2.75, 3.05) is 37.8 Å². The number of halogens is 1. The van der Waals surface area contributed by atoms with Gasteiger partial charge in [0.1, 0.15) is 5.75 Å². The van der Waals surface area contributed by atoms with Crippen LogP contribution in [0.4, 0.5) is 5.69 Å². The molecule has 3 aromatic carbocycles. The highest BCUT2D eigenvalue weighted by Crippen LogP contribution is 2.32. The van der Waals surface area contributed by atoms with Crippen molar-refractivity contribution >= 4 is 33.2 Å². The minimum absolute atomic E-state index is 0.0346. The van der Waals surface area contributed by atoms with Crippen LogP contribution in [0.5, 0.6) is 11.5 Å². The molecule has 0 saturated carbocycles. The number of hydrogen-bond acceptors (Lipinski definition) is 6. The fourth-order valence-corrected chi connectivity index (χ4v) is 5.68. The number of nitrogens with one attached hydrogen (secondary N) is 1. The van der Waals surface area contributed by atoms with E-state index in [2.05, 4.69) is 10.2 Å². The van der Waals surface area contributed by atoms with Gasteiger partial charge in [0.15, 0.2) is 5.75 Å². The molecule has 0 unspecified atom stereocenters. The average Bonchev–Trinajstić information content (AvgIpc) is 2.95. The minimum Gasteiger partial charge on any atom is -0.497 e. The summed E-state index contributed by atoms with van der Waals surface area (Å²) in [6.07, 6.45) is 4.64. The molecule has 0 aromatic heterocycles. The second kappa shape index (κ2) is 13.0. The third-order valence-electron chi connectivity index (χ3n) is 6.31. The molecule has 0 aliphatic carbocycles.